The largest absolute Gasteiger partial charge is 0.352 e. The van der Waals surface area contributed by atoms with E-state index in [0.717, 1.165) is 11.1 Å². The molecule has 2 aliphatic rings. The van der Waals surface area contributed by atoms with E-state index in [0.29, 0.717) is 43.8 Å². The summed E-state index contributed by atoms with van der Waals surface area (Å²) in [6, 6.07) is 16.5. The topological polar surface area (TPSA) is 78.5 Å². The van der Waals surface area contributed by atoms with Gasteiger partial charge in [-0.15, -0.1) is 0 Å². The van der Waals surface area contributed by atoms with Gasteiger partial charge >= 0.3 is 6.03 Å². The number of benzene rings is 2. The summed E-state index contributed by atoms with van der Waals surface area (Å²) in [6.45, 7) is 0.768. The molecule has 2 aromatic carbocycles. The van der Waals surface area contributed by atoms with Crippen LogP contribution in [0.3, 0.4) is 0 Å². The maximum Gasteiger partial charge on any atom is 0.324 e. The number of amides is 4. The predicted molar refractivity (Wildman–Crippen MR) is 118 cm³/mol. The first kappa shape index (κ1) is 21.4. The number of carbonyl (C=O) groups is 3. The second-order valence-electron chi connectivity index (χ2n) is 8.25. The van der Waals surface area contributed by atoms with Gasteiger partial charge in [-0.3, -0.25) is 14.5 Å². The number of hydrogen-bond donors (Lipinski definition) is 2. The lowest BCUT2D eigenvalue weighted by Crippen LogP contribution is -2.62. The molecular formula is C24H26ClN3O3. The smallest absolute Gasteiger partial charge is 0.324 e. The number of rotatable bonds is 6. The number of carbonyl (C=O) groups excluding carboxylic acids is 3. The quantitative estimate of drug-likeness (QED) is 0.722. The van der Waals surface area contributed by atoms with Crippen molar-refractivity contribution in [1.82, 2.24) is 15.5 Å². The van der Waals surface area contributed by atoms with Gasteiger partial charge in [0.15, 0.2) is 0 Å². The van der Waals surface area contributed by atoms with Gasteiger partial charge in [-0.25, -0.2) is 4.79 Å². The molecule has 3 unspecified atom stereocenters. The lowest BCUT2D eigenvalue weighted by atomic mass is 9.76. The number of nitrogens with zero attached hydrogens (tertiary/aromatic N) is 1. The Morgan fingerprint density at radius 3 is 2.61 bits per heavy atom. The summed E-state index contributed by atoms with van der Waals surface area (Å²) in [5, 5.41) is 6.56. The number of nitrogens with one attached hydrogen (secondary N) is 2. The fraction of sp³-hybridized carbons (Fsp3) is 0.375. The van der Waals surface area contributed by atoms with Crippen LogP contribution in [-0.2, 0) is 22.6 Å². The summed E-state index contributed by atoms with van der Waals surface area (Å²) >= 11 is 5.99. The summed E-state index contributed by atoms with van der Waals surface area (Å²) in [7, 11) is 0. The summed E-state index contributed by atoms with van der Waals surface area (Å²) in [5.74, 6) is -0.649. The van der Waals surface area contributed by atoms with Crippen molar-refractivity contribution in [3.8, 4) is 0 Å². The van der Waals surface area contributed by atoms with Crippen molar-refractivity contribution in [2.24, 2.45) is 11.8 Å². The molecule has 4 amide bonds. The third-order valence-corrected chi connectivity index (χ3v) is 6.42. The third-order valence-electron chi connectivity index (χ3n) is 6.18. The van der Waals surface area contributed by atoms with Crippen LogP contribution in [0.2, 0.25) is 5.02 Å². The van der Waals surface area contributed by atoms with Gasteiger partial charge in [0, 0.05) is 30.1 Å². The zero-order valence-corrected chi connectivity index (χ0v) is 18.0. The molecule has 0 bridgehead atoms. The highest BCUT2D eigenvalue weighted by Crippen LogP contribution is 2.33. The van der Waals surface area contributed by atoms with Crippen LogP contribution in [0.1, 0.15) is 30.4 Å². The summed E-state index contributed by atoms with van der Waals surface area (Å²) < 4.78 is 0. The van der Waals surface area contributed by atoms with Crippen LogP contribution in [0.25, 0.3) is 0 Å². The summed E-state index contributed by atoms with van der Waals surface area (Å²) in [6.07, 6.45) is 2.35. The number of fused-ring (bicyclic) bond motifs is 1. The first-order chi connectivity index (χ1) is 15.0. The van der Waals surface area contributed by atoms with Crippen LogP contribution in [0.5, 0.6) is 0 Å². The molecule has 6 nitrogen and oxygen atoms in total. The Labute approximate surface area is 187 Å². The van der Waals surface area contributed by atoms with Gasteiger partial charge in [-0.05, 0) is 48.9 Å². The maximum absolute atomic E-state index is 13.0. The minimum atomic E-state index is -0.359. The minimum absolute atomic E-state index is 0.0494. The fourth-order valence-corrected chi connectivity index (χ4v) is 4.69. The van der Waals surface area contributed by atoms with Gasteiger partial charge in [0.1, 0.15) is 0 Å². The number of halogens is 1. The lowest BCUT2D eigenvalue weighted by Gasteiger charge is -2.42. The molecule has 0 spiro atoms. The van der Waals surface area contributed by atoms with Gasteiger partial charge in [-0.2, -0.15) is 0 Å². The highest BCUT2D eigenvalue weighted by Gasteiger charge is 2.45. The molecule has 1 saturated carbocycles. The van der Waals surface area contributed by atoms with Crippen LogP contribution < -0.4 is 10.6 Å². The molecule has 0 radical (unpaired) electrons. The van der Waals surface area contributed by atoms with E-state index in [4.69, 9.17) is 11.6 Å². The van der Waals surface area contributed by atoms with Gasteiger partial charge in [0.2, 0.25) is 11.8 Å². The Morgan fingerprint density at radius 1 is 1.06 bits per heavy atom. The Bertz CT molecular complexity index is 966. The molecule has 162 valence electrons. The summed E-state index contributed by atoms with van der Waals surface area (Å²) in [4.78, 5) is 39.5. The van der Waals surface area contributed by atoms with E-state index in [-0.39, 0.29) is 35.7 Å². The van der Waals surface area contributed by atoms with E-state index in [1.54, 1.807) is 6.07 Å². The number of urea groups is 1. The first-order valence-corrected chi connectivity index (χ1v) is 11.1. The Hall–Kier alpha value is -2.86. The van der Waals surface area contributed by atoms with Crippen LogP contribution >= 0.6 is 11.6 Å². The highest BCUT2D eigenvalue weighted by atomic mass is 35.5. The van der Waals surface area contributed by atoms with E-state index in [1.165, 1.54) is 4.90 Å². The van der Waals surface area contributed by atoms with Crippen molar-refractivity contribution in [3.05, 3.63) is 70.7 Å². The first-order valence-electron chi connectivity index (χ1n) is 10.7. The van der Waals surface area contributed by atoms with Crippen molar-refractivity contribution in [3.63, 3.8) is 0 Å². The monoisotopic (exact) mass is 439 g/mol. The van der Waals surface area contributed by atoms with Gasteiger partial charge in [0.25, 0.3) is 0 Å². The minimum Gasteiger partial charge on any atom is -0.352 e. The van der Waals surface area contributed by atoms with Crippen LogP contribution in [0, 0.1) is 11.8 Å². The SMILES string of the molecule is O=C(NCc1cccc(Cl)c1)C1CCC2C(=O)N(CCc3ccccc3)C(=O)NC2C1. The average molecular weight is 440 g/mol. The molecule has 1 heterocycles. The van der Waals surface area contributed by atoms with Crippen molar-refractivity contribution in [2.75, 3.05) is 6.54 Å². The molecule has 1 saturated heterocycles. The molecule has 2 N–H and O–H groups in total. The molecular weight excluding hydrogens is 414 g/mol. The third kappa shape index (κ3) is 5.07. The molecule has 2 fully saturated rings. The number of imide groups is 1. The lowest BCUT2D eigenvalue weighted by molar-refractivity contribution is -0.139. The van der Waals surface area contributed by atoms with Crippen molar-refractivity contribution in [1.29, 1.82) is 0 Å². The van der Waals surface area contributed by atoms with E-state index in [1.807, 2.05) is 48.5 Å². The van der Waals surface area contributed by atoms with Crippen molar-refractivity contribution in [2.45, 2.75) is 38.3 Å². The number of hydrogen-bond acceptors (Lipinski definition) is 3. The predicted octanol–water partition coefficient (Wildman–Crippen LogP) is 3.54. The van der Waals surface area contributed by atoms with E-state index in [2.05, 4.69) is 10.6 Å². The molecule has 4 rings (SSSR count). The maximum atomic E-state index is 13.0. The van der Waals surface area contributed by atoms with E-state index in [9.17, 15) is 14.4 Å². The van der Waals surface area contributed by atoms with E-state index < -0.39 is 0 Å². The molecule has 7 heteroatoms. The van der Waals surface area contributed by atoms with Gasteiger partial charge < -0.3 is 10.6 Å². The molecule has 31 heavy (non-hydrogen) atoms. The molecule has 1 aliphatic heterocycles. The van der Waals surface area contributed by atoms with E-state index >= 15 is 0 Å². The molecule has 3 atom stereocenters. The highest BCUT2D eigenvalue weighted by molar-refractivity contribution is 6.30. The second kappa shape index (κ2) is 9.52. The standard InChI is InChI=1S/C24H26ClN3O3/c25-19-8-4-7-17(13-19)15-26-22(29)18-9-10-20-21(14-18)27-24(31)28(23(20)30)12-11-16-5-2-1-3-6-16/h1-8,13,18,20-21H,9-12,14-15H2,(H,26,29)(H,27,31). The van der Waals surface area contributed by atoms with Crippen molar-refractivity contribution < 1.29 is 14.4 Å². The second-order valence-corrected chi connectivity index (χ2v) is 8.68. The normalized spacial score (nSPS) is 23.1. The van der Waals surface area contributed by atoms with Crippen molar-refractivity contribution >= 4 is 29.4 Å². The molecule has 1 aliphatic carbocycles. The van der Waals surface area contributed by atoms with Crippen LogP contribution in [0.15, 0.2) is 54.6 Å². The van der Waals surface area contributed by atoms with Gasteiger partial charge in [-0.1, -0.05) is 54.1 Å². The van der Waals surface area contributed by atoms with Crippen LogP contribution in [0.4, 0.5) is 4.79 Å². The Balaban J connectivity index is 1.31. The zero-order chi connectivity index (χ0) is 21.8. The molecule has 2 aromatic rings. The Kier molecular flexibility index (Phi) is 6.56. The Morgan fingerprint density at radius 2 is 1.84 bits per heavy atom. The molecule has 0 aromatic heterocycles. The van der Waals surface area contributed by atoms with Crippen LogP contribution in [-0.4, -0.2) is 35.3 Å². The average Bonchev–Trinajstić information content (AvgIpc) is 2.77. The summed E-state index contributed by atoms with van der Waals surface area (Å²) in [5.41, 5.74) is 2.02. The van der Waals surface area contributed by atoms with Gasteiger partial charge in [0.05, 0.1) is 5.92 Å². The fourth-order valence-electron chi connectivity index (χ4n) is 4.48. The zero-order valence-electron chi connectivity index (χ0n) is 17.2.